The van der Waals surface area contributed by atoms with Gasteiger partial charge in [0.2, 0.25) is 11.4 Å². The summed E-state index contributed by atoms with van der Waals surface area (Å²) in [6, 6.07) is 16.1. The molecule has 3 rings (SSSR count). The van der Waals surface area contributed by atoms with Gasteiger partial charge < -0.3 is 10.6 Å². The molecule has 0 aliphatic carbocycles. The van der Waals surface area contributed by atoms with E-state index in [1.165, 1.54) is 0 Å². The molecule has 0 radical (unpaired) electrons. The third-order valence-electron chi connectivity index (χ3n) is 5.18. The SMILES string of the molecule is C=CS(=O)(=O)CCN(CC)c1ccc(C=Cc2sc3ccccc3[n+]2CCC(N)=O)cc1. The molecule has 32 heavy (non-hydrogen) atoms. The van der Waals surface area contributed by atoms with Crippen molar-refractivity contribution in [1.82, 2.24) is 0 Å². The zero-order chi connectivity index (χ0) is 23.1. The van der Waals surface area contributed by atoms with Crippen LogP contribution in [0.15, 0.2) is 60.5 Å². The van der Waals surface area contributed by atoms with Crippen molar-refractivity contribution >= 4 is 55.1 Å². The number of thiazole rings is 1. The lowest BCUT2D eigenvalue weighted by atomic mass is 10.2. The molecule has 1 amide bonds. The maximum Gasteiger partial charge on any atom is 0.262 e. The molecular formula is C24H28N3O3S2+. The smallest absolute Gasteiger partial charge is 0.262 e. The highest BCUT2D eigenvalue weighted by atomic mass is 32.2. The zero-order valence-electron chi connectivity index (χ0n) is 18.1. The molecule has 0 atom stereocenters. The Morgan fingerprint density at radius 3 is 2.53 bits per heavy atom. The van der Waals surface area contributed by atoms with Crippen molar-refractivity contribution in [2.24, 2.45) is 5.73 Å². The number of carbonyl (C=O) groups excluding carboxylic acids is 1. The minimum absolute atomic E-state index is 0.0449. The maximum atomic E-state index is 11.7. The highest BCUT2D eigenvalue weighted by molar-refractivity contribution is 7.94. The Labute approximate surface area is 193 Å². The standard InChI is InChI=1S/C24H27N3O3S2/c1-3-26(17-18-32(29,30)4-2)20-12-9-19(10-13-20)11-14-24-27(16-15-23(25)28)21-7-5-6-8-22(21)31-24/h4-14H,2-3,15-18H2,1H3,(H-,25,28)/p+1. The van der Waals surface area contributed by atoms with Gasteiger partial charge >= 0.3 is 0 Å². The number of benzene rings is 2. The molecule has 8 heteroatoms. The van der Waals surface area contributed by atoms with Crippen molar-refractivity contribution in [3.63, 3.8) is 0 Å². The lowest BCUT2D eigenvalue weighted by Crippen LogP contribution is -2.37. The summed E-state index contributed by atoms with van der Waals surface area (Å²) in [6.07, 6.45) is 4.37. The van der Waals surface area contributed by atoms with Crippen LogP contribution in [0.2, 0.25) is 0 Å². The zero-order valence-corrected chi connectivity index (χ0v) is 19.7. The molecule has 0 saturated carbocycles. The lowest BCUT2D eigenvalue weighted by molar-refractivity contribution is -0.667. The number of sulfone groups is 1. The van der Waals surface area contributed by atoms with Crippen molar-refractivity contribution in [1.29, 1.82) is 0 Å². The van der Waals surface area contributed by atoms with Gasteiger partial charge in [-0.2, -0.15) is 4.57 Å². The summed E-state index contributed by atoms with van der Waals surface area (Å²) in [4.78, 5) is 13.3. The Bertz CT molecular complexity index is 1230. The monoisotopic (exact) mass is 470 g/mol. The minimum Gasteiger partial charge on any atom is -0.371 e. The van der Waals surface area contributed by atoms with Gasteiger partial charge in [-0.15, -0.1) is 0 Å². The fraction of sp³-hybridized carbons (Fsp3) is 0.250. The van der Waals surface area contributed by atoms with Crippen LogP contribution in [0.4, 0.5) is 5.69 Å². The van der Waals surface area contributed by atoms with E-state index in [4.69, 9.17) is 5.73 Å². The number of amides is 1. The Hall–Kier alpha value is -2.97. The van der Waals surface area contributed by atoms with Gasteiger partial charge in [0.15, 0.2) is 16.4 Å². The molecule has 3 aromatic rings. The number of aryl methyl sites for hydroxylation is 1. The number of primary amides is 1. The van der Waals surface area contributed by atoms with Gasteiger partial charge in [0.1, 0.15) is 4.70 Å². The van der Waals surface area contributed by atoms with E-state index in [1.807, 2.05) is 60.4 Å². The summed E-state index contributed by atoms with van der Waals surface area (Å²) < 4.78 is 26.7. The van der Waals surface area contributed by atoms with Gasteiger partial charge in [0.05, 0.1) is 12.2 Å². The Morgan fingerprint density at radius 2 is 1.88 bits per heavy atom. The summed E-state index contributed by atoms with van der Waals surface area (Å²) in [5.74, 6) is -0.275. The Morgan fingerprint density at radius 1 is 1.16 bits per heavy atom. The van der Waals surface area contributed by atoms with E-state index < -0.39 is 9.84 Å². The highest BCUT2D eigenvalue weighted by Crippen LogP contribution is 2.23. The molecular weight excluding hydrogens is 442 g/mol. The predicted molar refractivity (Wildman–Crippen MR) is 133 cm³/mol. The summed E-state index contributed by atoms with van der Waals surface area (Å²) in [7, 11) is -3.22. The number of nitrogens with zero attached hydrogens (tertiary/aromatic N) is 2. The second-order valence-electron chi connectivity index (χ2n) is 7.31. The number of nitrogens with two attached hydrogens (primary N) is 1. The molecule has 0 saturated heterocycles. The first-order valence-electron chi connectivity index (χ1n) is 10.4. The number of anilines is 1. The number of hydrogen-bond acceptors (Lipinski definition) is 5. The van der Waals surface area contributed by atoms with E-state index in [9.17, 15) is 13.2 Å². The molecule has 0 fully saturated rings. The van der Waals surface area contributed by atoms with E-state index in [0.717, 1.165) is 31.9 Å². The second kappa shape index (κ2) is 10.6. The molecule has 1 aromatic heterocycles. The van der Waals surface area contributed by atoms with Crippen molar-refractivity contribution < 1.29 is 17.8 Å². The van der Waals surface area contributed by atoms with Crippen molar-refractivity contribution in [2.45, 2.75) is 19.9 Å². The highest BCUT2D eigenvalue weighted by Gasteiger charge is 2.18. The second-order valence-corrected chi connectivity index (χ2v) is 10.4. The summed E-state index contributed by atoms with van der Waals surface area (Å²) in [6.45, 7) is 7.04. The number of para-hydroxylation sites is 1. The van der Waals surface area contributed by atoms with Crippen LogP contribution >= 0.6 is 11.3 Å². The average molecular weight is 471 g/mol. The van der Waals surface area contributed by atoms with Gasteiger partial charge in [-0.1, -0.05) is 42.2 Å². The average Bonchev–Trinajstić information content (AvgIpc) is 3.15. The van der Waals surface area contributed by atoms with Gasteiger partial charge in [-0.3, -0.25) is 4.79 Å². The molecule has 0 bridgehead atoms. The molecule has 168 valence electrons. The third kappa shape index (κ3) is 6.05. The van der Waals surface area contributed by atoms with Crippen molar-refractivity contribution in [3.05, 3.63) is 71.1 Å². The van der Waals surface area contributed by atoms with E-state index in [0.29, 0.717) is 19.6 Å². The summed E-state index contributed by atoms with van der Waals surface area (Å²) in [5.41, 5.74) is 8.45. The molecule has 2 N–H and O–H groups in total. The van der Waals surface area contributed by atoms with Crippen LogP contribution in [0.1, 0.15) is 23.9 Å². The normalized spacial score (nSPS) is 11.8. The number of fused-ring (bicyclic) bond motifs is 1. The van der Waals surface area contributed by atoms with E-state index in [-0.39, 0.29) is 18.1 Å². The molecule has 0 unspecified atom stereocenters. The molecule has 2 aromatic carbocycles. The molecule has 1 heterocycles. The molecule has 6 nitrogen and oxygen atoms in total. The van der Waals surface area contributed by atoms with Gasteiger partial charge in [-0.05, 0) is 36.8 Å². The fourth-order valence-corrected chi connectivity index (χ4v) is 5.12. The van der Waals surface area contributed by atoms with Crippen LogP contribution < -0.4 is 15.2 Å². The van der Waals surface area contributed by atoms with Crippen LogP contribution in [-0.4, -0.2) is 33.2 Å². The quantitative estimate of drug-likeness (QED) is 0.434. The van der Waals surface area contributed by atoms with Gasteiger partial charge in [0.25, 0.3) is 5.01 Å². The number of rotatable bonds is 11. The number of hydrogen-bond donors (Lipinski definition) is 1. The van der Waals surface area contributed by atoms with Crippen LogP contribution in [0.3, 0.4) is 0 Å². The lowest BCUT2D eigenvalue weighted by Gasteiger charge is -2.22. The Kier molecular flexibility index (Phi) is 7.82. The topological polar surface area (TPSA) is 84.3 Å². The van der Waals surface area contributed by atoms with Crippen LogP contribution in [0.5, 0.6) is 0 Å². The van der Waals surface area contributed by atoms with Crippen molar-refractivity contribution in [3.8, 4) is 0 Å². The molecule has 0 aliphatic rings. The first kappa shape index (κ1) is 23.7. The third-order valence-corrected chi connectivity index (χ3v) is 7.57. The van der Waals surface area contributed by atoms with Gasteiger partial charge in [-0.25, -0.2) is 8.42 Å². The first-order valence-corrected chi connectivity index (χ1v) is 12.9. The first-order chi connectivity index (χ1) is 15.3. The maximum absolute atomic E-state index is 11.7. The van der Waals surface area contributed by atoms with E-state index in [2.05, 4.69) is 23.3 Å². The van der Waals surface area contributed by atoms with E-state index in [1.54, 1.807) is 11.3 Å². The minimum atomic E-state index is -3.22. The molecule has 0 aliphatic heterocycles. The van der Waals surface area contributed by atoms with Crippen LogP contribution in [0, 0.1) is 0 Å². The van der Waals surface area contributed by atoms with Crippen molar-refractivity contribution in [2.75, 3.05) is 23.7 Å². The summed E-state index contributed by atoms with van der Waals surface area (Å²) in [5, 5.41) is 2.06. The number of carbonyl (C=O) groups is 1. The Balaban J connectivity index is 1.78. The number of aromatic nitrogens is 1. The predicted octanol–water partition coefficient (Wildman–Crippen LogP) is 3.62. The van der Waals surface area contributed by atoms with Crippen LogP contribution in [-0.2, 0) is 21.2 Å². The largest absolute Gasteiger partial charge is 0.371 e. The van der Waals surface area contributed by atoms with Crippen LogP contribution in [0.25, 0.3) is 22.4 Å². The fourth-order valence-electron chi connectivity index (χ4n) is 3.38. The molecule has 0 spiro atoms. The summed E-state index contributed by atoms with van der Waals surface area (Å²) >= 11 is 1.67. The van der Waals surface area contributed by atoms with E-state index >= 15 is 0 Å². The van der Waals surface area contributed by atoms with Gasteiger partial charge in [0, 0.05) is 36.3 Å².